The zero-order chi connectivity index (χ0) is 11.4. The third-order valence-corrected chi connectivity index (χ3v) is 2.38. The van der Waals surface area contributed by atoms with Gasteiger partial charge in [0.15, 0.2) is 0 Å². The summed E-state index contributed by atoms with van der Waals surface area (Å²) in [6.07, 6.45) is 2.28. The molecule has 4 heteroatoms. The summed E-state index contributed by atoms with van der Waals surface area (Å²) in [6.45, 7) is 0.648. The molecule has 80 valence electrons. The summed E-state index contributed by atoms with van der Waals surface area (Å²) in [4.78, 5) is 10.6. The van der Waals surface area contributed by atoms with E-state index in [0.29, 0.717) is 18.9 Å². The normalized spacial score (nSPS) is 10.0. The molecule has 0 atom stereocenters. The van der Waals surface area contributed by atoms with Gasteiger partial charge in [-0.25, -0.2) is 9.97 Å². The molecule has 2 aromatic rings. The molecule has 0 aliphatic carbocycles. The fourth-order valence-corrected chi connectivity index (χ4v) is 1.46. The molecule has 0 spiro atoms. The third kappa shape index (κ3) is 2.09. The molecule has 0 saturated carbocycles. The highest BCUT2D eigenvalue weighted by Gasteiger charge is 2.04. The number of rotatable bonds is 3. The smallest absolute Gasteiger partial charge is 0.225 e. The van der Waals surface area contributed by atoms with Crippen LogP contribution in [0.15, 0.2) is 30.5 Å². The molecule has 0 saturated heterocycles. The first-order chi connectivity index (χ1) is 7.81. The summed E-state index contributed by atoms with van der Waals surface area (Å²) >= 11 is 0. The van der Waals surface area contributed by atoms with E-state index in [0.717, 1.165) is 10.9 Å². The average molecular weight is 212 g/mol. The highest BCUT2D eigenvalue weighted by atomic mass is 15.2. The molecule has 0 aliphatic heterocycles. The van der Waals surface area contributed by atoms with Crippen LogP contribution in [0.25, 0.3) is 10.9 Å². The van der Waals surface area contributed by atoms with E-state index >= 15 is 0 Å². The van der Waals surface area contributed by atoms with E-state index in [9.17, 15) is 0 Å². The Labute approximate surface area is 94.2 Å². The van der Waals surface area contributed by atoms with Crippen molar-refractivity contribution in [2.24, 2.45) is 0 Å². The van der Waals surface area contributed by atoms with Crippen molar-refractivity contribution in [3.8, 4) is 6.07 Å². The predicted molar refractivity (Wildman–Crippen MR) is 63.0 cm³/mol. The number of nitrogens with zero attached hydrogens (tertiary/aromatic N) is 4. The lowest BCUT2D eigenvalue weighted by molar-refractivity contribution is 0.864. The Morgan fingerprint density at radius 1 is 1.38 bits per heavy atom. The largest absolute Gasteiger partial charge is 0.343 e. The van der Waals surface area contributed by atoms with E-state index in [4.69, 9.17) is 5.26 Å². The van der Waals surface area contributed by atoms with Crippen LogP contribution in [0.5, 0.6) is 0 Å². The van der Waals surface area contributed by atoms with E-state index in [-0.39, 0.29) is 0 Å². The Hall–Kier alpha value is -2.15. The summed E-state index contributed by atoms with van der Waals surface area (Å²) in [5.74, 6) is 0.661. The van der Waals surface area contributed by atoms with Gasteiger partial charge in [-0.15, -0.1) is 0 Å². The quantitative estimate of drug-likeness (QED) is 0.780. The van der Waals surface area contributed by atoms with Gasteiger partial charge in [-0.2, -0.15) is 5.26 Å². The molecule has 16 heavy (non-hydrogen) atoms. The van der Waals surface area contributed by atoms with E-state index < -0.39 is 0 Å². The fraction of sp³-hybridized carbons (Fsp3) is 0.250. The number of fused-ring (bicyclic) bond motifs is 1. The molecule has 1 aromatic carbocycles. The first-order valence-corrected chi connectivity index (χ1v) is 5.11. The van der Waals surface area contributed by atoms with Crippen molar-refractivity contribution < 1.29 is 0 Å². The zero-order valence-electron chi connectivity index (χ0n) is 9.09. The van der Waals surface area contributed by atoms with Crippen LogP contribution in [0.1, 0.15) is 6.42 Å². The number of hydrogen-bond donors (Lipinski definition) is 0. The van der Waals surface area contributed by atoms with Crippen LogP contribution in [0, 0.1) is 11.3 Å². The van der Waals surface area contributed by atoms with Crippen LogP contribution in [0.3, 0.4) is 0 Å². The van der Waals surface area contributed by atoms with Gasteiger partial charge in [0.1, 0.15) is 0 Å². The molecule has 4 nitrogen and oxygen atoms in total. The van der Waals surface area contributed by atoms with Crippen molar-refractivity contribution in [2.45, 2.75) is 6.42 Å². The summed E-state index contributed by atoms with van der Waals surface area (Å²) in [7, 11) is 1.89. The number of benzene rings is 1. The van der Waals surface area contributed by atoms with Crippen LogP contribution in [-0.4, -0.2) is 23.6 Å². The van der Waals surface area contributed by atoms with Gasteiger partial charge in [0.2, 0.25) is 5.95 Å². The monoisotopic (exact) mass is 212 g/mol. The second-order valence-corrected chi connectivity index (χ2v) is 3.56. The summed E-state index contributed by atoms with van der Waals surface area (Å²) in [5, 5.41) is 9.54. The minimum absolute atomic E-state index is 0.479. The third-order valence-electron chi connectivity index (χ3n) is 2.38. The Bertz CT molecular complexity index is 530. The first-order valence-electron chi connectivity index (χ1n) is 5.11. The highest BCUT2D eigenvalue weighted by Crippen LogP contribution is 2.13. The Morgan fingerprint density at radius 3 is 3.00 bits per heavy atom. The van der Waals surface area contributed by atoms with Gasteiger partial charge in [-0.05, 0) is 6.07 Å². The zero-order valence-corrected chi connectivity index (χ0v) is 9.09. The van der Waals surface area contributed by atoms with Crippen LogP contribution in [0.2, 0.25) is 0 Å². The van der Waals surface area contributed by atoms with Gasteiger partial charge in [-0.1, -0.05) is 18.2 Å². The topological polar surface area (TPSA) is 52.8 Å². The van der Waals surface area contributed by atoms with Crippen molar-refractivity contribution in [3.63, 3.8) is 0 Å². The SMILES string of the molecule is CN(CCC#N)c1ncc2ccccc2n1. The van der Waals surface area contributed by atoms with Gasteiger partial charge >= 0.3 is 0 Å². The molecule has 0 unspecified atom stereocenters. The van der Waals surface area contributed by atoms with Gasteiger partial charge < -0.3 is 4.90 Å². The van der Waals surface area contributed by atoms with Crippen LogP contribution < -0.4 is 4.90 Å². The molecule has 0 N–H and O–H groups in total. The van der Waals surface area contributed by atoms with Crippen LogP contribution in [-0.2, 0) is 0 Å². The molecule has 2 rings (SSSR count). The highest BCUT2D eigenvalue weighted by molar-refractivity contribution is 5.78. The second-order valence-electron chi connectivity index (χ2n) is 3.56. The van der Waals surface area contributed by atoms with Gasteiger partial charge in [-0.3, -0.25) is 0 Å². The van der Waals surface area contributed by atoms with E-state index in [1.807, 2.05) is 36.2 Å². The number of anilines is 1. The maximum Gasteiger partial charge on any atom is 0.225 e. The molecule has 1 heterocycles. The molecule has 0 radical (unpaired) electrons. The maximum atomic E-state index is 8.52. The predicted octanol–water partition coefficient (Wildman–Crippen LogP) is 1.98. The van der Waals surface area contributed by atoms with Crippen molar-refractivity contribution >= 4 is 16.9 Å². The Kier molecular flexibility index (Phi) is 2.97. The minimum atomic E-state index is 0.479. The summed E-state index contributed by atoms with van der Waals surface area (Å²) in [6, 6.07) is 9.96. The number of para-hydroxylation sites is 1. The number of nitriles is 1. The Balaban J connectivity index is 2.29. The summed E-state index contributed by atoms with van der Waals surface area (Å²) in [5.41, 5.74) is 0.927. The maximum absolute atomic E-state index is 8.52. The molecule has 1 aromatic heterocycles. The van der Waals surface area contributed by atoms with E-state index in [1.54, 1.807) is 6.20 Å². The molecular weight excluding hydrogens is 200 g/mol. The van der Waals surface area contributed by atoms with Crippen molar-refractivity contribution in [3.05, 3.63) is 30.5 Å². The van der Waals surface area contributed by atoms with Crippen LogP contribution >= 0.6 is 0 Å². The number of aromatic nitrogens is 2. The van der Waals surface area contributed by atoms with Crippen LogP contribution in [0.4, 0.5) is 5.95 Å². The lowest BCUT2D eigenvalue weighted by atomic mass is 10.2. The Morgan fingerprint density at radius 2 is 2.19 bits per heavy atom. The molecule has 0 fully saturated rings. The molecular formula is C12H12N4. The molecule has 0 aliphatic rings. The van der Waals surface area contributed by atoms with Crippen molar-refractivity contribution in [1.29, 1.82) is 5.26 Å². The lowest BCUT2D eigenvalue weighted by Gasteiger charge is -2.15. The van der Waals surface area contributed by atoms with Crippen molar-refractivity contribution in [2.75, 3.05) is 18.5 Å². The average Bonchev–Trinajstić information content (AvgIpc) is 2.35. The van der Waals surface area contributed by atoms with Gasteiger partial charge in [0.25, 0.3) is 0 Å². The summed E-state index contributed by atoms with van der Waals surface area (Å²) < 4.78 is 0. The van der Waals surface area contributed by atoms with Crippen molar-refractivity contribution in [1.82, 2.24) is 9.97 Å². The fourth-order valence-electron chi connectivity index (χ4n) is 1.46. The molecule has 0 bridgehead atoms. The molecule has 0 amide bonds. The van der Waals surface area contributed by atoms with Gasteiger partial charge in [0, 0.05) is 25.2 Å². The van der Waals surface area contributed by atoms with E-state index in [1.165, 1.54) is 0 Å². The minimum Gasteiger partial charge on any atom is -0.343 e. The van der Waals surface area contributed by atoms with E-state index in [2.05, 4.69) is 16.0 Å². The standard InChI is InChI=1S/C12H12N4/c1-16(8-4-7-13)12-14-9-10-5-2-3-6-11(10)15-12/h2-3,5-6,9H,4,8H2,1H3. The second kappa shape index (κ2) is 4.58. The number of hydrogen-bond acceptors (Lipinski definition) is 4. The lowest BCUT2D eigenvalue weighted by Crippen LogP contribution is -2.20. The van der Waals surface area contributed by atoms with Gasteiger partial charge in [0.05, 0.1) is 18.0 Å². The first kappa shape index (κ1) is 10.4.